The molecule has 0 fully saturated rings. The topological polar surface area (TPSA) is 21.3 Å². The number of rotatable bonds is 6. The summed E-state index contributed by atoms with van der Waals surface area (Å²) in [6, 6.07) is 13.9. The summed E-state index contributed by atoms with van der Waals surface area (Å²) in [5, 5.41) is 4.95. The van der Waals surface area contributed by atoms with Crippen molar-refractivity contribution in [3.05, 3.63) is 63.6 Å². The summed E-state index contributed by atoms with van der Waals surface area (Å²) in [5.41, 5.74) is 2.30. The molecule has 0 saturated carbocycles. The first kappa shape index (κ1) is 16.2. The Labute approximate surface area is 136 Å². The maximum Gasteiger partial charge on any atom is 0.120 e. The van der Waals surface area contributed by atoms with E-state index in [1.807, 2.05) is 42.5 Å². The summed E-state index contributed by atoms with van der Waals surface area (Å²) in [6.07, 6.45) is 0.858. The Bertz CT molecular complexity index is 584. The fourth-order valence-corrected chi connectivity index (χ4v) is 2.74. The molecule has 112 valence electrons. The predicted molar refractivity (Wildman–Crippen MR) is 89.6 cm³/mol. The van der Waals surface area contributed by atoms with E-state index in [9.17, 15) is 0 Å². The third-order valence-corrected chi connectivity index (χ3v) is 3.97. The van der Waals surface area contributed by atoms with Gasteiger partial charge in [-0.15, -0.1) is 0 Å². The molecule has 0 amide bonds. The molecule has 0 radical (unpaired) electrons. The van der Waals surface area contributed by atoms with E-state index < -0.39 is 0 Å². The van der Waals surface area contributed by atoms with E-state index in [0.29, 0.717) is 5.02 Å². The molecular formula is C17H19Cl2NO. The number of likely N-dealkylation sites (N-methyl/N-ethyl adjacent to an activating group) is 1. The van der Waals surface area contributed by atoms with Crippen LogP contribution in [0, 0.1) is 0 Å². The van der Waals surface area contributed by atoms with Gasteiger partial charge in [0, 0.05) is 16.1 Å². The summed E-state index contributed by atoms with van der Waals surface area (Å²) < 4.78 is 5.20. The van der Waals surface area contributed by atoms with Crippen LogP contribution < -0.4 is 10.1 Å². The van der Waals surface area contributed by atoms with Crippen molar-refractivity contribution in [2.45, 2.75) is 19.4 Å². The molecule has 2 aromatic rings. The fraction of sp³-hybridized carbons (Fsp3) is 0.294. The van der Waals surface area contributed by atoms with E-state index >= 15 is 0 Å². The Hall–Kier alpha value is -1.22. The molecule has 0 bridgehead atoms. The van der Waals surface area contributed by atoms with Crippen LogP contribution in [0.25, 0.3) is 0 Å². The van der Waals surface area contributed by atoms with Crippen LogP contribution in [0.4, 0.5) is 0 Å². The minimum atomic E-state index is 0.162. The number of methoxy groups -OCH3 is 1. The lowest BCUT2D eigenvalue weighted by Gasteiger charge is -2.20. The van der Waals surface area contributed by atoms with Gasteiger partial charge in [0.1, 0.15) is 5.75 Å². The molecule has 4 heteroatoms. The van der Waals surface area contributed by atoms with Crippen molar-refractivity contribution in [1.29, 1.82) is 0 Å². The third kappa shape index (κ3) is 4.37. The third-order valence-electron chi connectivity index (χ3n) is 3.39. The maximum atomic E-state index is 6.39. The molecule has 1 unspecified atom stereocenters. The Morgan fingerprint density at radius 1 is 1.10 bits per heavy atom. The van der Waals surface area contributed by atoms with Gasteiger partial charge in [-0.1, -0.05) is 48.3 Å². The minimum absolute atomic E-state index is 0.162. The minimum Gasteiger partial charge on any atom is -0.497 e. The van der Waals surface area contributed by atoms with Gasteiger partial charge in [0.25, 0.3) is 0 Å². The van der Waals surface area contributed by atoms with Crippen LogP contribution in [-0.2, 0) is 6.42 Å². The molecule has 2 aromatic carbocycles. The lowest BCUT2D eigenvalue weighted by atomic mass is 9.98. The number of hydrogen-bond acceptors (Lipinski definition) is 2. The summed E-state index contributed by atoms with van der Waals surface area (Å²) in [6.45, 7) is 2.97. The second-order valence-corrected chi connectivity index (χ2v) is 5.67. The molecule has 0 aliphatic rings. The molecule has 0 spiro atoms. The van der Waals surface area contributed by atoms with Crippen molar-refractivity contribution in [2.24, 2.45) is 0 Å². The zero-order chi connectivity index (χ0) is 15.2. The van der Waals surface area contributed by atoms with Crippen LogP contribution in [0.5, 0.6) is 5.75 Å². The standard InChI is InChI=1S/C17H19Cl2NO/c1-3-20-17(10-12-4-6-13(18)7-5-12)15-9-8-14(21-2)11-16(15)19/h4-9,11,17,20H,3,10H2,1-2H3. The maximum absolute atomic E-state index is 6.39. The average molecular weight is 324 g/mol. The van der Waals surface area contributed by atoms with Crippen molar-refractivity contribution in [2.75, 3.05) is 13.7 Å². The molecule has 1 N–H and O–H groups in total. The molecular weight excluding hydrogens is 305 g/mol. The number of benzene rings is 2. The Morgan fingerprint density at radius 2 is 1.81 bits per heavy atom. The predicted octanol–water partition coefficient (Wildman–Crippen LogP) is 4.90. The smallest absolute Gasteiger partial charge is 0.120 e. The highest BCUT2D eigenvalue weighted by Crippen LogP contribution is 2.29. The highest BCUT2D eigenvalue weighted by molar-refractivity contribution is 6.31. The van der Waals surface area contributed by atoms with Gasteiger partial charge in [-0.05, 0) is 48.4 Å². The first-order valence-corrected chi connectivity index (χ1v) is 7.71. The summed E-state index contributed by atoms with van der Waals surface area (Å²) in [5.74, 6) is 0.769. The van der Waals surface area contributed by atoms with Gasteiger partial charge >= 0.3 is 0 Å². The van der Waals surface area contributed by atoms with Gasteiger partial charge in [0.15, 0.2) is 0 Å². The van der Waals surface area contributed by atoms with E-state index in [2.05, 4.69) is 12.2 Å². The lowest BCUT2D eigenvalue weighted by Crippen LogP contribution is -2.23. The van der Waals surface area contributed by atoms with Crippen LogP contribution >= 0.6 is 23.2 Å². The Kier molecular flexibility index (Phi) is 5.92. The van der Waals surface area contributed by atoms with E-state index in [1.165, 1.54) is 5.56 Å². The molecule has 0 saturated heterocycles. The molecule has 0 aliphatic carbocycles. The van der Waals surface area contributed by atoms with Gasteiger partial charge in [-0.25, -0.2) is 0 Å². The van der Waals surface area contributed by atoms with Crippen LogP contribution in [0.1, 0.15) is 24.1 Å². The summed E-state index contributed by atoms with van der Waals surface area (Å²) >= 11 is 12.3. The van der Waals surface area contributed by atoms with Crippen LogP contribution in [0.15, 0.2) is 42.5 Å². The number of halogens is 2. The summed E-state index contributed by atoms with van der Waals surface area (Å²) in [7, 11) is 1.64. The van der Waals surface area contributed by atoms with Gasteiger partial charge in [0.05, 0.1) is 7.11 Å². The van der Waals surface area contributed by atoms with Gasteiger partial charge in [-0.2, -0.15) is 0 Å². The quantitative estimate of drug-likeness (QED) is 0.816. The van der Waals surface area contributed by atoms with E-state index in [-0.39, 0.29) is 6.04 Å². The molecule has 1 atom stereocenters. The number of ether oxygens (including phenoxy) is 1. The summed E-state index contributed by atoms with van der Waals surface area (Å²) in [4.78, 5) is 0. The van der Waals surface area contributed by atoms with Crippen molar-refractivity contribution in [3.8, 4) is 5.75 Å². The monoisotopic (exact) mass is 323 g/mol. The zero-order valence-corrected chi connectivity index (χ0v) is 13.7. The highest BCUT2D eigenvalue weighted by Gasteiger charge is 2.15. The largest absolute Gasteiger partial charge is 0.497 e. The Balaban J connectivity index is 2.24. The first-order valence-electron chi connectivity index (χ1n) is 6.95. The molecule has 0 aliphatic heterocycles. The second kappa shape index (κ2) is 7.69. The van der Waals surface area contributed by atoms with Crippen LogP contribution in [-0.4, -0.2) is 13.7 Å². The Morgan fingerprint density at radius 3 is 2.38 bits per heavy atom. The van der Waals surface area contributed by atoms with Crippen molar-refractivity contribution < 1.29 is 4.74 Å². The van der Waals surface area contributed by atoms with E-state index in [4.69, 9.17) is 27.9 Å². The second-order valence-electron chi connectivity index (χ2n) is 4.83. The molecule has 2 nitrogen and oxygen atoms in total. The number of nitrogens with one attached hydrogen (secondary N) is 1. The van der Waals surface area contributed by atoms with Gasteiger partial charge in [-0.3, -0.25) is 0 Å². The average Bonchev–Trinajstić information content (AvgIpc) is 2.49. The number of hydrogen-bond donors (Lipinski definition) is 1. The normalized spacial score (nSPS) is 12.2. The van der Waals surface area contributed by atoms with Crippen molar-refractivity contribution in [1.82, 2.24) is 5.32 Å². The van der Waals surface area contributed by atoms with Crippen molar-refractivity contribution >= 4 is 23.2 Å². The van der Waals surface area contributed by atoms with Gasteiger partial charge < -0.3 is 10.1 Å². The fourth-order valence-electron chi connectivity index (χ4n) is 2.31. The van der Waals surface area contributed by atoms with E-state index in [1.54, 1.807) is 7.11 Å². The lowest BCUT2D eigenvalue weighted by molar-refractivity contribution is 0.414. The van der Waals surface area contributed by atoms with E-state index in [0.717, 1.165) is 29.3 Å². The van der Waals surface area contributed by atoms with Crippen molar-refractivity contribution in [3.63, 3.8) is 0 Å². The molecule has 21 heavy (non-hydrogen) atoms. The van der Waals surface area contributed by atoms with Crippen LogP contribution in [0.2, 0.25) is 10.0 Å². The van der Waals surface area contributed by atoms with Crippen LogP contribution in [0.3, 0.4) is 0 Å². The zero-order valence-electron chi connectivity index (χ0n) is 12.2. The molecule has 2 rings (SSSR count). The first-order chi connectivity index (χ1) is 10.1. The molecule has 0 heterocycles. The molecule has 0 aromatic heterocycles. The van der Waals surface area contributed by atoms with Gasteiger partial charge in [0.2, 0.25) is 0 Å². The highest BCUT2D eigenvalue weighted by atomic mass is 35.5. The SMILES string of the molecule is CCNC(Cc1ccc(Cl)cc1)c1ccc(OC)cc1Cl.